The zero-order valence-corrected chi connectivity index (χ0v) is 13.5. The molecule has 0 aliphatic rings. The minimum Gasteiger partial charge on any atom is -0.481 e. The molecule has 0 spiro atoms. The highest BCUT2D eigenvalue weighted by Gasteiger charge is 2.20. The van der Waals surface area contributed by atoms with Crippen LogP contribution < -0.4 is 0 Å². The Morgan fingerprint density at radius 2 is 1.96 bits per heavy atom. The van der Waals surface area contributed by atoms with Gasteiger partial charge >= 0.3 is 5.97 Å². The van der Waals surface area contributed by atoms with Gasteiger partial charge in [-0.25, -0.2) is 0 Å². The lowest BCUT2D eigenvalue weighted by molar-refractivity contribution is -0.141. The van der Waals surface area contributed by atoms with Crippen LogP contribution in [0.25, 0.3) is 11.3 Å². The van der Waals surface area contributed by atoms with Crippen LogP contribution in [0, 0.1) is 12.8 Å². The van der Waals surface area contributed by atoms with Gasteiger partial charge in [-0.05, 0) is 30.7 Å². The summed E-state index contributed by atoms with van der Waals surface area (Å²) in [5.41, 5.74) is 3.11. The lowest BCUT2D eigenvalue weighted by Crippen LogP contribution is -2.34. The molecule has 5 heteroatoms. The van der Waals surface area contributed by atoms with Crippen LogP contribution in [0.4, 0.5) is 0 Å². The average molecular weight is 312 g/mol. The van der Waals surface area contributed by atoms with E-state index in [2.05, 4.69) is 4.98 Å². The molecule has 5 nitrogen and oxygen atoms in total. The molecule has 1 aromatic carbocycles. The molecule has 0 radical (unpaired) electrons. The number of pyridine rings is 1. The summed E-state index contributed by atoms with van der Waals surface area (Å²) in [4.78, 5) is 29.3. The van der Waals surface area contributed by atoms with E-state index in [-0.39, 0.29) is 12.5 Å². The van der Waals surface area contributed by atoms with Crippen LogP contribution in [0.15, 0.2) is 42.6 Å². The molecule has 1 atom stereocenters. The van der Waals surface area contributed by atoms with Crippen molar-refractivity contribution in [3.63, 3.8) is 0 Å². The van der Waals surface area contributed by atoms with Crippen molar-refractivity contribution in [2.24, 2.45) is 5.92 Å². The van der Waals surface area contributed by atoms with Crippen LogP contribution in [0.1, 0.15) is 22.8 Å². The Labute approximate surface area is 135 Å². The van der Waals surface area contributed by atoms with Crippen LogP contribution in [0.3, 0.4) is 0 Å². The summed E-state index contributed by atoms with van der Waals surface area (Å²) in [6.45, 7) is 3.64. The predicted molar refractivity (Wildman–Crippen MR) is 88.2 cm³/mol. The van der Waals surface area contributed by atoms with Gasteiger partial charge in [-0.2, -0.15) is 0 Å². The van der Waals surface area contributed by atoms with Crippen LogP contribution in [-0.2, 0) is 4.79 Å². The molecular weight excluding hydrogens is 292 g/mol. The number of carbonyl (C=O) groups is 2. The van der Waals surface area contributed by atoms with Crippen molar-refractivity contribution in [3.05, 3.63) is 53.7 Å². The third-order valence-electron chi connectivity index (χ3n) is 3.82. The van der Waals surface area contributed by atoms with E-state index in [1.54, 1.807) is 26.2 Å². The van der Waals surface area contributed by atoms with Crippen LogP contribution in [0.2, 0.25) is 0 Å². The first-order chi connectivity index (χ1) is 10.9. The molecular formula is C18H20N2O3. The molecule has 0 aliphatic heterocycles. The highest BCUT2D eigenvalue weighted by atomic mass is 16.4. The number of carboxylic acid groups (broad SMARTS) is 1. The summed E-state index contributed by atoms with van der Waals surface area (Å²) in [6, 6.07) is 11.1. The molecule has 1 amide bonds. The number of benzene rings is 1. The number of carboxylic acids is 1. The van der Waals surface area contributed by atoms with Gasteiger partial charge in [-0.15, -0.1) is 0 Å². The van der Waals surface area contributed by atoms with E-state index in [0.29, 0.717) is 5.56 Å². The lowest BCUT2D eigenvalue weighted by atomic mass is 9.98. The van der Waals surface area contributed by atoms with E-state index < -0.39 is 11.9 Å². The summed E-state index contributed by atoms with van der Waals surface area (Å²) in [7, 11) is 1.62. The summed E-state index contributed by atoms with van der Waals surface area (Å²) in [5.74, 6) is -1.71. The highest BCUT2D eigenvalue weighted by Crippen LogP contribution is 2.24. The number of nitrogens with zero attached hydrogens (tertiary/aromatic N) is 2. The Morgan fingerprint density at radius 3 is 2.57 bits per heavy atom. The van der Waals surface area contributed by atoms with Gasteiger partial charge in [-0.3, -0.25) is 14.6 Å². The first-order valence-corrected chi connectivity index (χ1v) is 7.41. The molecule has 1 N–H and O–H groups in total. The van der Waals surface area contributed by atoms with Crippen LogP contribution >= 0.6 is 0 Å². The van der Waals surface area contributed by atoms with Crippen LogP contribution in [0.5, 0.6) is 0 Å². The van der Waals surface area contributed by atoms with Gasteiger partial charge in [0.25, 0.3) is 5.91 Å². The van der Waals surface area contributed by atoms with E-state index in [1.807, 2.05) is 37.3 Å². The molecule has 2 rings (SSSR count). The monoisotopic (exact) mass is 312 g/mol. The number of aromatic nitrogens is 1. The molecule has 0 aliphatic carbocycles. The summed E-state index contributed by atoms with van der Waals surface area (Å²) >= 11 is 0. The summed E-state index contributed by atoms with van der Waals surface area (Å²) in [6.07, 6.45) is 1.71. The molecule has 1 aromatic heterocycles. The number of hydrogen-bond acceptors (Lipinski definition) is 3. The topological polar surface area (TPSA) is 70.5 Å². The first kappa shape index (κ1) is 16.7. The Hall–Kier alpha value is -2.69. The molecule has 2 aromatic rings. The molecule has 1 heterocycles. The van der Waals surface area contributed by atoms with Gasteiger partial charge in [-0.1, -0.05) is 25.1 Å². The fraction of sp³-hybridized carbons (Fsp3) is 0.278. The highest BCUT2D eigenvalue weighted by molar-refractivity contribution is 5.97. The Bertz CT molecular complexity index is 713. The van der Waals surface area contributed by atoms with Crippen LogP contribution in [-0.4, -0.2) is 40.5 Å². The molecule has 0 bridgehead atoms. The predicted octanol–water partition coefficient (Wildman–Crippen LogP) is 2.85. The molecule has 0 fully saturated rings. The van der Waals surface area contributed by atoms with E-state index >= 15 is 0 Å². The Morgan fingerprint density at radius 1 is 1.22 bits per heavy atom. The third kappa shape index (κ3) is 3.74. The number of amides is 1. The van der Waals surface area contributed by atoms with E-state index in [4.69, 9.17) is 5.11 Å². The van der Waals surface area contributed by atoms with Gasteiger partial charge in [0.15, 0.2) is 0 Å². The first-order valence-electron chi connectivity index (χ1n) is 7.41. The lowest BCUT2D eigenvalue weighted by Gasteiger charge is -2.21. The van der Waals surface area contributed by atoms with Crippen molar-refractivity contribution in [1.82, 2.24) is 9.88 Å². The van der Waals surface area contributed by atoms with Crippen molar-refractivity contribution in [1.29, 1.82) is 0 Å². The van der Waals surface area contributed by atoms with E-state index in [1.165, 1.54) is 4.90 Å². The maximum atomic E-state index is 12.6. The minimum absolute atomic E-state index is 0.168. The molecule has 23 heavy (non-hydrogen) atoms. The second kappa shape index (κ2) is 7.05. The molecule has 120 valence electrons. The maximum absolute atomic E-state index is 12.6. The van der Waals surface area contributed by atoms with Crippen molar-refractivity contribution in [3.8, 4) is 11.3 Å². The fourth-order valence-corrected chi connectivity index (χ4v) is 2.44. The SMILES string of the molecule is Cc1c(C(=O)N(C)CC(C)C(=O)O)cccc1-c1ccccn1. The second-order valence-electron chi connectivity index (χ2n) is 5.62. The van der Waals surface area contributed by atoms with Crippen molar-refractivity contribution < 1.29 is 14.7 Å². The zero-order chi connectivity index (χ0) is 17.0. The van der Waals surface area contributed by atoms with E-state index in [0.717, 1.165) is 16.8 Å². The van der Waals surface area contributed by atoms with E-state index in [9.17, 15) is 9.59 Å². The zero-order valence-electron chi connectivity index (χ0n) is 13.5. The maximum Gasteiger partial charge on any atom is 0.308 e. The van der Waals surface area contributed by atoms with Crippen molar-refractivity contribution in [2.45, 2.75) is 13.8 Å². The number of hydrogen-bond donors (Lipinski definition) is 1. The number of rotatable bonds is 5. The number of aliphatic carboxylic acids is 1. The van der Waals surface area contributed by atoms with Gasteiger partial charge in [0.05, 0.1) is 11.6 Å². The summed E-state index contributed by atoms with van der Waals surface area (Å²) in [5, 5.41) is 8.98. The van der Waals surface area contributed by atoms with Crippen molar-refractivity contribution in [2.75, 3.05) is 13.6 Å². The fourth-order valence-electron chi connectivity index (χ4n) is 2.44. The summed E-state index contributed by atoms with van der Waals surface area (Å²) < 4.78 is 0. The Balaban J connectivity index is 2.30. The largest absolute Gasteiger partial charge is 0.481 e. The normalized spacial score (nSPS) is 11.8. The van der Waals surface area contributed by atoms with Gasteiger partial charge in [0, 0.05) is 30.9 Å². The number of carbonyl (C=O) groups excluding carboxylic acids is 1. The molecule has 1 unspecified atom stereocenters. The third-order valence-corrected chi connectivity index (χ3v) is 3.82. The second-order valence-corrected chi connectivity index (χ2v) is 5.62. The minimum atomic E-state index is -0.913. The van der Waals surface area contributed by atoms with Crippen molar-refractivity contribution >= 4 is 11.9 Å². The average Bonchev–Trinajstić information content (AvgIpc) is 2.55. The molecule has 0 saturated heterocycles. The quantitative estimate of drug-likeness (QED) is 0.921. The smallest absolute Gasteiger partial charge is 0.308 e. The standard InChI is InChI=1S/C18H20N2O3/c1-12(18(22)23)11-20(3)17(21)15-8-6-7-14(13(15)2)16-9-4-5-10-19-16/h4-10,12H,11H2,1-3H3,(H,22,23). The molecule has 0 saturated carbocycles. The van der Waals surface area contributed by atoms with Gasteiger partial charge < -0.3 is 10.0 Å². The Kier molecular flexibility index (Phi) is 5.11. The van der Waals surface area contributed by atoms with Gasteiger partial charge in [0.1, 0.15) is 0 Å². The van der Waals surface area contributed by atoms with Gasteiger partial charge in [0.2, 0.25) is 0 Å².